The lowest BCUT2D eigenvalue weighted by Gasteiger charge is -1.99. The fraction of sp³-hybridized carbons (Fsp3) is 0. The number of carbonyl (C=O) groups is 1. The van der Waals surface area contributed by atoms with Gasteiger partial charge in [0.05, 0.1) is 17.2 Å². The van der Waals surface area contributed by atoms with E-state index < -0.39 is 17.4 Å². The van der Waals surface area contributed by atoms with Crippen LogP contribution in [0.25, 0.3) is 6.08 Å². The summed E-state index contributed by atoms with van der Waals surface area (Å²) in [5, 5.41) is 8.65. The summed E-state index contributed by atoms with van der Waals surface area (Å²) >= 11 is 0. The molecule has 2 rings (SSSR count). The number of hydrogen-bond donors (Lipinski definition) is 0. The third kappa shape index (κ3) is 3.15. The Balaban J connectivity index is 2.20. The van der Waals surface area contributed by atoms with E-state index >= 15 is 0 Å². The smallest absolute Gasteiger partial charge is 0.188 e. The Hall–Kier alpha value is -2.80. The van der Waals surface area contributed by atoms with E-state index in [0.717, 1.165) is 18.2 Å². The molecule has 0 N–H and O–H groups in total. The minimum atomic E-state index is -0.763. The Bertz CT molecular complexity index is 712. The molecule has 0 bridgehead atoms. The molecular weight excluding hydrogens is 260 g/mol. The molecule has 0 aliphatic rings. The summed E-state index contributed by atoms with van der Waals surface area (Å²) in [7, 11) is 0. The first-order valence-corrected chi connectivity index (χ1v) is 5.78. The van der Waals surface area contributed by atoms with Gasteiger partial charge in [0.15, 0.2) is 5.78 Å². The molecule has 0 heterocycles. The lowest BCUT2D eigenvalue weighted by Crippen LogP contribution is -1.99. The van der Waals surface area contributed by atoms with Crippen LogP contribution in [0.1, 0.15) is 21.5 Å². The fourth-order valence-corrected chi connectivity index (χ4v) is 1.62. The molecule has 2 aromatic rings. The number of hydrogen-bond acceptors (Lipinski definition) is 2. The van der Waals surface area contributed by atoms with Crippen LogP contribution in [0.2, 0.25) is 0 Å². The predicted octanol–water partition coefficient (Wildman–Crippen LogP) is 3.73. The molecule has 2 aromatic carbocycles. The topological polar surface area (TPSA) is 40.9 Å². The number of ketones is 1. The molecule has 98 valence electrons. The highest BCUT2D eigenvalue weighted by molar-refractivity contribution is 6.07. The molecule has 0 unspecified atom stereocenters. The summed E-state index contributed by atoms with van der Waals surface area (Å²) in [6, 6.07) is 11.2. The lowest BCUT2D eigenvalue weighted by molar-refractivity contribution is 0.104. The van der Waals surface area contributed by atoms with Gasteiger partial charge in [-0.15, -0.1) is 0 Å². The molecule has 0 aliphatic heterocycles. The molecule has 20 heavy (non-hydrogen) atoms. The van der Waals surface area contributed by atoms with Gasteiger partial charge in [0.2, 0.25) is 0 Å². The maximum Gasteiger partial charge on any atom is 0.188 e. The van der Waals surface area contributed by atoms with Crippen LogP contribution < -0.4 is 0 Å². The lowest BCUT2D eigenvalue weighted by atomic mass is 10.1. The van der Waals surface area contributed by atoms with Crippen LogP contribution in [0.15, 0.2) is 48.5 Å². The highest BCUT2D eigenvalue weighted by Crippen LogP contribution is 2.12. The molecule has 0 amide bonds. The average molecular weight is 269 g/mol. The van der Waals surface area contributed by atoms with Crippen molar-refractivity contribution < 1.29 is 13.6 Å². The fourth-order valence-electron chi connectivity index (χ4n) is 1.62. The van der Waals surface area contributed by atoms with Crippen LogP contribution in [0.3, 0.4) is 0 Å². The highest BCUT2D eigenvalue weighted by Gasteiger charge is 2.09. The Morgan fingerprint density at radius 1 is 1.10 bits per heavy atom. The van der Waals surface area contributed by atoms with Crippen LogP contribution in [-0.2, 0) is 0 Å². The minimum Gasteiger partial charge on any atom is -0.289 e. The van der Waals surface area contributed by atoms with Crippen LogP contribution >= 0.6 is 0 Å². The standard InChI is InChI=1S/C16H9F2NO/c17-13-6-7-15(18)14(9-13)16(20)8-5-11-1-3-12(10-19)4-2-11/h1-9H. The zero-order valence-corrected chi connectivity index (χ0v) is 10.3. The van der Waals surface area contributed by atoms with Gasteiger partial charge in [0, 0.05) is 0 Å². The minimum absolute atomic E-state index is 0.310. The van der Waals surface area contributed by atoms with Gasteiger partial charge < -0.3 is 0 Å². The van der Waals surface area contributed by atoms with Gasteiger partial charge in [0.1, 0.15) is 11.6 Å². The van der Waals surface area contributed by atoms with Crippen LogP contribution in [0.5, 0.6) is 0 Å². The Morgan fingerprint density at radius 3 is 2.45 bits per heavy atom. The van der Waals surface area contributed by atoms with Crippen molar-refractivity contribution in [1.29, 1.82) is 5.26 Å². The number of allylic oxidation sites excluding steroid dienone is 1. The second-order valence-electron chi connectivity index (χ2n) is 4.06. The Kier molecular flexibility index (Phi) is 4.02. The molecule has 0 fully saturated rings. The number of rotatable bonds is 3. The molecule has 0 saturated heterocycles. The summed E-state index contributed by atoms with van der Waals surface area (Å²) in [6.07, 6.45) is 2.65. The molecule has 0 radical (unpaired) electrons. The molecule has 2 nitrogen and oxygen atoms in total. The van der Waals surface area contributed by atoms with Crippen molar-refractivity contribution in [2.45, 2.75) is 0 Å². The first-order chi connectivity index (χ1) is 9.60. The third-order valence-corrected chi connectivity index (χ3v) is 2.66. The molecular formula is C16H9F2NO. The summed E-state index contributed by atoms with van der Waals surface area (Å²) in [4.78, 5) is 11.8. The van der Waals surface area contributed by atoms with Gasteiger partial charge in [-0.05, 0) is 42.0 Å². The van der Waals surface area contributed by atoms with Crippen molar-refractivity contribution >= 4 is 11.9 Å². The molecule has 4 heteroatoms. The monoisotopic (exact) mass is 269 g/mol. The van der Waals surface area contributed by atoms with Gasteiger partial charge in [-0.3, -0.25) is 4.79 Å². The van der Waals surface area contributed by atoms with E-state index in [1.165, 1.54) is 12.2 Å². The second-order valence-corrected chi connectivity index (χ2v) is 4.06. The van der Waals surface area contributed by atoms with Crippen LogP contribution in [-0.4, -0.2) is 5.78 Å². The summed E-state index contributed by atoms with van der Waals surface area (Å²) < 4.78 is 26.4. The van der Waals surface area contributed by atoms with Crippen molar-refractivity contribution in [2.24, 2.45) is 0 Å². The van der Waals surface area contributed by atoms with E-state index in [9.17, 15) is 13.6 Å². The SMILES string of the molecule is N#Cc1ccc(C=CC(=O)c2cc(F)ccc2F)cc1. The van der Waals surface area contributed by atoms with Crippen molar-refractivity contribution in [2.75, 3.05) is 0 Å². The van der Waals surface area contributed by atoms with Gasteiger partial charge >= 0.3 is 0 Å². The van der Waals surface area contributed by atoms with Crippen molar-refractivity contribution in [1.82, 2.24) is 0 Å². The largest absolute Gasteiger partial charge is 0.289 e. The zero-order valence-electron chi connectivity index (χ0n) is 10.3. The van der Waals surface area contributed by atoms with Gasteiger partial charge in [-0.25, -0.2) is 8.78 Å². The molecule has 0 spiro atoms. The maximum atomic E-state index is 13.4. The number of benzene rings is 2. The molecule has 0 aromatic heterocycles. The van der Waals surface area contributed by atoms with Gasteiger partial charge in [0.25, 0.3) is 0 Å². The number of halogens is 2. The first kappa shape index (κ1) is 13.6. The summed E-state index contributed by atoms with van der Waals surface area (Å²) in [5.41, 5.74) is 0.883. The van der Waals surface area contributed by atoms with E-state index in [1.54, 1.807) is 24.3 Å². The van der Waals surface area contributed by atoms with Crippen LogP contribution in [0, 0.1) is 23.0 Å². The van der Waals surface area contributed by atoms with E-state index in [4.69, 9.17) is 5.26 Å². The van der Waals surface area contributed by atoms with Crippen molar-refractivity contribution in [3.8, 4) is 6.07 Å². The van der Waals surface area contributed by atoms with Gasteiger partial charge in [-0.2, -0.15) is 5.26 Å². The summed E-state index contributed by atoms with van der Waals surface area (Å²) in [6.45, 7) is 0. The van der Waals surface area contributed by atoms with Crippen molar-refractivity contribution in [3.05, 3.63) is 76.9 Å². The first-order valence-electron chi connectivity index (χ1n) is 5.78. The average Bonchev–Trinajstić information content (AvgIpc) is 2.47. The molecule has 0 aliphatic carbocycles. The molecule has 0 saturated carbocycles. The third-order valence-electron chi connectivity index (χ3n) is 2.66. The van der Waals surface area contributed by atoms with Gasteiger partial charge in [-0.1, -0.05) is 18.2 Å². The zero-order chi connectivity index (χ0) is 14.5. The number of nitriles is 1. The molecule has 0 atom stereocenters. The number of nitrogens with zero attached hydrogens (tertiary/aromatic N) is 1. The quantitative estimate of drug-likeness (QED) is 0.629. The Morgan fingerprint density at radius 2 is 1.80 bits per heavy atom. The van der Waals surface area contributed by atoms with E-state index in [-0.39, 0.29) is 5.56 Å². The predicted molar refractivity (Wildman–Crippen MR) is 70.9 cm³/mol. The van der Waals surface area contributed by atoms with Crippen molar-refractivity contribution in [3.63, 3.8) is 0 Å². The van der Waals surface area contributed by atoms with E-state index in [2.05, 4.69) is 0 Å². The highest BCUT2D eigenvalue weighted by atomic mass is 19.1. The maximum absolute atomic E-state index is 13.4. The normalized spacial score (nSPS) is 10.4. The summed E-state index contributed by atoms with van der Waals surface area (Å²) in [5.74, 6) is -2.05. The van der Waals surface area contributed by atoms with E-state index in [1.807, 2.05) is 6.07 Å². The van der Waals surface area contributed by atoms with Crippen LogP contribution in [0.4, 0.5) is 8.78 Å². The Labute approximate surface area is 114 Å². The number of carbonyl (C=O) groups excluding carboxylic acids is 1. The second kappa shape index (κ2) is 5.89. The van der Waals surface area contributed by atoms with E-state index in [0.29, 0.717) is 11.1 Å².